The van der Waals surface area contributed by atoms with Crippen LogP contribution in [0.4, 0.5) is 0 Å². The zero-order valence-corrected chi connectivity index (χ0v) is 19.7. The second kappa shape index (κ2) is 9.62. The molecule has 0 bridgehead atoms. The highest BCUT2D eigenvalue weighted by Crippen LogP contribution is 2.41. The Kier molecular flexibility index (Phi) is 7.10. The molecule has 1 aliphatic heterocycles. The molecule has 9 heteroatoms. The highest BCUT2D eigenvalue weighted by molar-refractivity contribution is 7.89. The maximum absolute atomic E-state index is 13.2. The van der Waals surface area contributed by atoms with Crippen LogP contribution < -0.4 is 18.9 Å². The topological polar surface area (TPSA) is 94.2 Å². The predicted octanol–water partition coefficient (Wildman–Crippen LogP) is 2.86. The quantitative estimate of drug-likeness (QED) is 0.683. The van der Waals surface area contributed by atoms with Crippen LogP contribution in [0, 0.1) is 6.92 Å². The molecule has 2 aromatic carbocycles. The molecule has 0 saturated heterocycles. The molecule has 0 spiro atoms. The Morgan fingerprint density at radius 2 is 1.69 bits per heavy atom. The van der Waals surface area contributed by atoms with Gasteiger partial charge in [-0.05, 0) is 43.7 Å². The van der Waals surface area contributed by atoms with E-state index in [1.165, 1.54) is 19.2 Å². The van der Waals surface area contributed by atoms with Crippen LogP contribution >= 0.6 is 0 Å². The minimum absolute atomic E-state index is 0.0647. The summed E-state index contributed by atoms with van der Waals surface area (Å²) in [6.07, 6.45) is 2.57. The van der Waals surface area contributed by atoms with Crippen LogP contribution in [-0.2, 0) is 10.0 Å². The van der Waals surface area contributed by atoms with E-state index in [9.17, 15) is 13.2 Å². The molecule has 8 nitrogen and oxygen atoms in total. The molecule has 1 aliphatic rings. The maximum Gasteiger partial charge on any atom is 0.254 e. The Hall–Kier alpha value is -3.04. The third-order valence-corrected chi connectivity index (χ3v) is 6.96. The van der Waals surface area contributed by atoms with Crippen LogP contribution in [0.5, 0.6) is 17.2 Å². The summed E-state index contributed by atoms with van der Waals surface area (Å²) in [7, 11) is 2.46. The van der Waals surface area contributed by atoms with Crippen LogP contribution in [0.15, 0.2) is 41.3 Å². The smallest absolute Gasteiger partial charge is 0.254 e. The zero-order chi connectivity index (χ0) is 23.5. The Labute approximate surface area is 188 Å². The largest absolute Gasteiger partial charge is 0.496 e. The standard InChI is InChI=1S/C23H28N2O6S/c1-15-6-7-18(32(27,28)24-2)14-19(15)23(26)25-10-8-16(9-11-25)22-20(30-4)12-17(29-3)13-21(22)31-5/h6-8,12-14,24H,9-11H2,1-5H3. The van der Waals surface area contributed by atoms with Crippen LogP contribution in [0.3, 0.4) is 0 Å². The number of aryl methyl sites for hydroxylation is 1. The average Bonchev–Trinajstić information content (AvgIpc) is 2.82. The van der Waals surface area contributed by atoms with Gasteiger partial charge in [0.25, 0.3) is 5.91 Å². The van der Waals surface area contributed by atoms with Crippen molar-refractivity contribution in [2.45, 2.75) is 18.2 Å². The molecule has 0 unspecified atom stereocenters. The highest BCUT2D eigenvalue weighted by atomic mass is 32.2. The average molecular weight is 461 g/mol. The third-order valence-electron chi connectivity index (χ3n) is 5.55. The number of sulfonamides is 1. The number of nitrogens with zero attached hydrogens (tertiary/aromatic N) is 1. The molecule has 0 atom stereocenters. The number of carbonyl (C=O) groups is 1. The molecule has 0 aliphatic carbocycles. The lowest BCUT2D eigenvalue weighted by atomic mass is 9.96. The van der Waals surface area contributed by atoms with Gasteiger partial charge < -0.3 is 19.1 Å². The van der Waals surface area contributed by atoms with Crippen molar-refractivity contribution in [3.8, 4) is 17.2 Å². The number of methoxy groups -OCH3 is 3. The first-order valence-corrected chi connectivity index (χ1v) is 11.6. The number of hydrogen-bond acceptors (Lipinski definition) is 6. The first-order chi connectivity index (χ1) is 15.2. The molecule has 1 heterocycles. The lowest BCUT2D eigenvalue weighted by Crippen LogP contribution is -2.35. The Bertz CT molecular complexity index is 1130. The number of ether oxygens (including phenoxy) is 3. The summed E-state index contributed by atoms with van der Waals surface area (Å²) in [5.74, 6) is 1.68. The molecular formula is C23H28N2O6S. The van der Waals surface area contributed by atoms with E-state index in [0.29, 0.717) is 42.3 Å². The van der Waals surface area contributed by atoms with Gasteiger partial charge in [0, 0.05) is 30.8 Å². The normalized spacial score (nSPS) is 14.0. The summed E-state index contributed by atoms with van der Waals surface area (Å²) in [4.78, 5) is 14.9. The van der Waals surface area contributed by atoms with E-state index in [1.54, 1.807) is 51.4 Å². The Balaban J connectivity index is 1.90. The number of carbonyl (C=O) groups excluding carboxylic acids is 1. The van der Waals surface area contributed by atoms with Crippen molar-refractivity contribution < 1.29 is 27.4 Å². The van der Waals surface area contributed by atoms with Crippen molar-refractivity contribution in [1.82, 2.24) is 9.62 Å². The first kappa shape index (κ1) is 23.6. The van der Waals surface area contributed by atoms with E-state index in [2.05, 4.69) is 4.72 Å². The van der Waals surface area contributed by atoms with Gasteiger partial charge in [-0.2, -0.15) is 0 Å². The minimum atomic E-state index is -3.64. The summed E-state index contributed by atoms with van der Waals surface area (Å²) in [5, 5.41) is 0. The van der Waals surface area contributed by atoms with Gasteiger partial charge in [-0.3, -0.25) is 4.79 Å². The minimum Gasteiger partial charge on any atom is -0.496 e. The maximum atomic E-state index is 13.2. The monoisotopic (exact) mass is 460 g/mol. The van der Waals surface area contributed by atoms with Gasteiger partial charge in [-0.1, -0.05) is 12.1 Å². The van der Waals surface area contributed by atoms with Crippen LogP contribution in [0.25, 0.3) is 5.57 Å². The van der Waals surface area contributed by atoms with Gasteiger partial charge in [-0.15, -0.1) is 0 Å². The SMILES string of the molecule is CNS(=O)(=O)c1ccc(C)c(C(=O)N2CC=C(c3c(OC)cc(OC)cc3OC)CC2)c1. The third kappa shape index (κ3) is 4.58. The van der Waals surface area contributed by atoms with Crippen LogP contribution in [0.2, 0.25) is 0 Å². The Morgan fingerprint density at radius 1 is 1.03 bits per heavy atom. The van der Waals surface area contributed by atoms with Gasteiger partial charge in [0.2, 0.25) is 10.0 Å². The zero-order valence-electron chi connectivity index (χ0n) is 18.9. The van der Waals surface area contributed by atoms with E-state index in [4.69, 9.17) is 14.2 Å². The molecule has 1 amide bonds. The summed E-state index contributed by atoms with van der Waals surface area (Å²) in [5.41, 5.74) is 2.94. The first-order valence-electron chi connectivity index (χ1n) is 10.1. The number of benzene rings is 2. The van der Waals surface area contributed by atoms with Crippen molar-refractivity contribution in [1.29, 1.82) is 0 Å². The van der Waals surface area contributed by atoms with Crippen molar-refractivity contribution >= 4 is 21.5 Å². The number of nitrogens with one attached hydrogen (secondary N) is 1. The second-order valence-electron chi connectivity index (χ2n) is 7.32. The fraction of sp³-hybridized carbons (Fsp3) is 0.348. The van der Waals surface area contributed by atoms with E-state index in [1.807, 2.05) is 6.08 Å². The molecule has 32 heavy (non-hydrogen) atoms. The van der Waals surface area contributed by atoms with Gasteiger partial charge in [0.15, 0.2) is 0 Å². The van der Waals surface area contributed by atoms with Gasteiger partial charge in [-0.25, -0.2) is 13.1 Å². The second-order valence-corrected chi connectivity index (χ2v) is 9.21. The van der Waals surface area contributed by atoms with Crippen molar-refractivity contribution in [3.05, 3.63) is 53.1 Å². The van der Waals surface area contributed by atoms with Crippen LogP contribution in [-0.4, -0.2) is 60.7 Å². The molecular weight excluding hydrogens is 432 g/mol. The summed E-state index contributed by atoms with van der Waals surface area (Å²) < 4.78 is 43.0. The van der Waals surface area contributed by atoms with Gasteiger partial charge >= 0.3 is 0 Å². The molecule has 3 rings (SSSR count). The molecule has 0 saturated carbocycles. The van der Waals surface area contributed by atoms with Crippen LogP contribution in [0.1, 0.15) is 27.9 Å². The summed E-state index contributed by atoms with van der Waals surface area (Å²) >= 11 is 0. The summed E-state index contributed by atoms with van der Waals surface area (Å²) in [6.45, 7) is 2.65. The van der Waals surface area contributed by atoms with Crippen molar-refractivity contribution in [2.75, 3.05) is 41.5 Å². The van der Waals surface area contributed by atoms with Gasteiger partial charge in [0.1, 0.15) is 17.2 Å². The highest BCUT2D eigenvalue weighted by Gasteiger charge is 2.25. The Morgan fingerprint density at radius 3 is 2.19 bits per heavy atom. The molecule has 0 fully saturated rings. The van der Waals surface area contributed by atoms with Crippen molar-refractivity contribution in [2.24, 2.45) is 0 Å². The summed E-state index contributed by atoms with van der Waals surface area (Å²) in [6, 6.07) is 8.17. The fourth-order valence-corrected chi connectivity index (χ4v) is 4.45. The van der Waals surface area contributed by atoms with E-state index >= 15 is 0 Å². The fourth-order valence-electron chi connectivity index (χ4n) is 3.69. The number of amides is 1. The lowest BCUT2D eigenvalue weighted by Gasteiger charge is -2.28. The molecule has 172 valence electrons. The molecule has 2 aromatic rings. The number of hydrogen-bond donors (Lipinski definition) is 1. The lowest BCUT2D eigenvalue weighted by molar-refractivity contribution is 0.0772. The van der Waals surface area contributed by atoms with Gasteiger partial charge in [0.05, 0.1) is 31.8 Å². The molecule has 1 N–H and O–H groups in total. The molecule has 0 aromatic heterocycles. The van der Waals surface area contributed by atoms with E-state index in [0.717, 1.165) is 16.7 Å². The van der Waals surface area contributed by atoms with E-state index < -0.39 is 10.0 Å². The van der Waals surface area contributed by atoms with E-state index in [-0.39, 0.29) is 10.8 Å². The number of rotatable bonds is 7. The molecule has 0 radical (unpaired) electrons. The van der Waals surface area contributed by atoms with Crippen molar-refractivity contribution in [3.63, 3.8) is 0 Å². The predicted molar refractivity (Wildman–Crippen MR) is 122 cm³/mol.